The van der Waals surface area contributed by atoms with E-state index in [4.69, 9.17) is 5.73 Å². The Morgan fingerprint density at radius 3 is 2.74 bits per heavy atom. The van der Waals surface area contributed by atoms with E-state index in [1.807, 2.05) is 6.07 Å². The van der Waals surface area contributed by atoms with Crippen LogP contribution < -0.4 is 5.73 Å². The quantitative estimate of drug-likeness (QED) is 0.712. The fraction of sp³-hybridized carbons (Fsp3) is 0.333. The van der Waals surface area contributed by atoms with Crippen molar-refractivity contribution < 1.29 is 0 Å². The molecule has 3 aromatic rings. The van der Waals surface area contributed by atoms with Crippen LogP contribution in [0.4, 0.5) is 0 Å². The number of hydrogen-bond acceptors (Lipinski definition) is 3. The van der Waals surface area contributed by atoms with Crippen molar-refractivity contribution in [1.82, 2.24) is 14.6 Å². The summed E-state index contributed by atoms with van der Waals surface area (Å²) in [6.45, 7) is 0.767. The molecular weight excluding hydrogens is 236 g/mol. The molecule has 2 N–H and O–H groups in total. The van der Waals surface area contributed by atoms with Crippen LogP contribution in [0.3, 0.4) is 0 Å². The first-order valence-electron chi connectivity index (χ1n) is 6.82. The summed E-state index contributed by atoms with van der Waals surface area (Å²) in [5.41, 5.74) is 7.62. The summed E-state index contributed by atoms with van der Waals surface area (Å²) in [6, 6.07) is 12.5. The van der Waals surface area contributed by atoms with E-state index in [2.05, 4.69) is 44.9 Å². The number of para-hydroxylation sites is 1. The molecule has 0 amide bonds. The van der Waals surface area contributed by atoms with Gasteiger partial charge in [0.15, 0.2) is 5.65 Å². The van der Waals surface area contributed by atoms with Gasteiger partial charge in [0.2, 0.25) is 0 Å². The van der Waals surface area contributed by atoms with Crippen molar-refractivity contribution in [3.05, 3.63) is 42.2 Å². The van der Waals surface area contributed by atoms with E-state index in [9.17, 15) is 0 Å². The summed E-state index contributed by atoms with van der Waals surface area (Å²) in [5.74, 6) is 1.05. The third-order valence-electron chi connectivity index (χ3n) is 3.45. The van der Waals surface area contributed by atoms with E-state index in [0.29, 0.717) is 0 Å². The van der Waals surface area contributed by atoms with Crippen LogP contribution in [-0.4, -0.2) is 21.1 Å². The standard InChI is InChI=1S/C15H18N4/c16-11-5-1-2-8-14-17-18-15-10-9-12-6-3-4-7-13(12)19(14)15/h3-4,6-7,9-10H,1-2,5,8,11,16H2. The van der Waals surface area contributed by atoms with E-state index < -0.39 is 0 Å². The fourth-order valence-electron chi connectivity index (χ4n) is 2.46. The molecule has 0 fully saturated rings. The van der Waals surface area contributed by atoms with Crippen LogP contribution in [0.15, 0.2) is 36.4 Å². The summed E-state index contributed by atoms with van der Waals surface area (Å²) in [6.07, 6.45) is 4.30. The summed E-state index contributed by atoms with van der Waals surface area (Å²) >= 11 is 0. The SMILES string of the molecule is NCCCCCc1nnc2ccc3ccccc3n12. The van der Waals surface area contributed by atoms with E-state index in [1.165, 1.54) is 10.9 Å². The number of rotatable bonds is 5. The zero-order valence-corrected chi connectivity index (χ0v) is 10.9. The van der Waals surface area contributed by atoms with Gasteiger partial charge >= 0.3 is 0 Å². The molecule has 0 spiro atoms. The fourth-order valence-corrected chi connectivity index (χ4v) is 2.46. The number of nitrogens with zero attached hydrogens (tertiary/aromatic N) is 3. The maximum atomic E-state index is 5.52. The van der Waals surface area contributed by atoms with Gasteiger partial charge in [-0.25, -0.2) is 0 Å². The van der Waals surface area contributed by atoms with Crippen molar-refractivity contribution in [2.45, 2.75) is 25.7 Å². The van der Waals surface area contributed by atoms with E-state index in [-0.39, 0.29) is 0 Å². The average Bonchev–Trinajstić information content (AvgIpc) is 2.87. The first kappa shape index (κ1) is 12.1. The lowest BCUT2D eigenvalue weighted by Crippen LogP contribution is -2.00. The van der Waals surface area contributed by atoms with Crippen molar-refractivity contribution in [1.29, 1.82) is 0 Å². The minimum Gasteiger partial charge on any atom is -0.330 e. The van der Waals surface area contributed by atoms with Gasteiger partial charge in [-0.2, -0.15) is 0 Å². The minimum absolute atomic E-state index is 0.767. The van der Waals surface area contributed by atoms with Gasteiger partial charge in [0.1, 0.15) is 5.82 Å². The second-order valence-corrected chi connectivity index (χ2v) is 4.80. The maximum Gasteiger partial charge on any atom is 0.161 e. The van der Waals surface area contributed by atoms with Gasteiger partial charge in [-0.15, -0.1) is 10.2 Å². The van der Waals surface area contributed by atoms with E-state index >= 15 is 0 Å². The molecule has 0 aliphatic rings. The van der Waals surface area contributed by atoms with Gasteiger partial charge in [0.25, 0.3) is 0 Å². The van der Waals surface area contributed by atoms with E-state index in [0.717, 1.165) is 43.7 Å². The zero-order valence-electron chi connectivity index (χ0n) is 10.9. The highest BCUT2D eigenvalue weighted by Gasteiger charge is 2.07. The lowest BCUT2D eigenvalue weighted by atomic mass is 10.2. The summed E-state index contributed by atoms with van der Waals surface area (Å²) in [5, 5.41) is 9.80. The van der Waals surface area contributed by atoms with Crippen LogP contribution in [0, 0.1) is 0 Å². The van der Waals surface area contributed by atoms with E-state index in [1.54, 1.807) is 0 Å². The van der Waals surface area contributed by atoms with Crippen LogP contribution >= 0.6 is 0 Å². The molecule has 2 heterocycles. The van der Waals surface area contributed by atoms with Gasteiger partial charge in [0.05, 0.1) is 5.52 Å². The molecule has 0 unspecified atom stereocenters. The van der Waals surface area contributed by atoms with Gasteiger partial charge < -0.3 is 5.73 Å². The molecule has 3 rings (SSSR count). The maximum absolute atomic E-state index is 5.52. The predicted octanol–water partition coefficient (Wildman–Crippen LogP) is 2.55. The number of unbranched alkanes of at least 4 members (excludes halogenated alkanes) is 2. The second kappa shape index (κ2) is 5.36. The van der Waals surface area contributed by atoms with Crippen LogP contribution in [0.1, 0.15) is 25.1 Å². The number of aryl methyl sites for hydroxylation is 1. The van der Waals surface area contributed by atoms with Crippen LogP contribution in [0.5, 0.6) is 0 Å². The van der Waals surface area contributed by atoms with Crippen LogP contribution in [0.25, 0.3) is 16.6 Å². The first-order valence-corrected chi connectivity index (χ1v) is 6.82. The third kappa shape index (κ3) is 2.31. The Balaban J connectivity index is 1.98. The molecule has 0 saturated heterocycles. The number of fused-ring (bicyclic) bond motifs is 3. The number of hydrogen-bond donors (Lipinski definition) is 1. The molecular formula is C15H18N4. The number of aromatic nitrogens is 3. The molecule has 4 nitrogen and oxygen atoms in total. The number of nitrogens with two attached hydrogens (primary N) is 1. The molecule has 0 aliphatic carbocycles. The van der Waals surface area contributed by atoms with Gasteiger partial charge in [-0.1, -0.05) is 24.6 Å². The van der Waals surface area contributed by atoms with Crippen molar-refractivity contribution in [3.63, 3.8) is 0 Å². The Labute approximate surface area is 112 Å². The lowest BCUT2D eigenvalue weighted by Gasteiger charge is -2.04. The Bertz CT molecular complexity index is 687. The Morgan fingerprint density at radius 2 is 1.84 bits per heavy atom. The van der Waals surface area contributed by atoms with Gasteiger partial charge in [-0.3, -0.25) is 4.40 Å². The molecule has 0 saturated carbocycles. The molecule has 4 heteroatoms. The monoisotopic (exact) mass is 254 g/mol. The van der Waals surface area contributed by atoms with Crippen molar-refractivity contribution in [2.75, 3.05) is 6.54 Å². The molecule has 2 aromatic heterocycles. The Morgan fingerprint density at radius 1 is 0.947 bits per heavy atom. The molecule has 0 aliphatic heterocycles. The highest BCUT2D eigenvalue weighted by Crippen LogP contribution is 2.18. The smallest absolute Gasteiger partial charge is 0.161 e. The molecule has 1 aromatic carbocycles. The van der Waals surface area contributed by atoms with Gasteiger partial charge in [0, 0.05) is 6.42 Å². The summed E-state index contributed by atoms with van der Waals surface area (Å²) in [4.78, 5) is 0. The largest absolute Gasteiger partial charge is 0.330 e. The topological polar surface area (TPSA) is 56.2 Å². The minimum atomic E-state index is 0.767. The number of pyridine rings is 1. The van der Waals surface area contributed by atoms with Crippen LogP contribution in [0.2, 0.25) is 0 Å². The second-order valence-electron chi connectivity index (χ2n) is 4.80. The Hall–Kier alpha value is -1.94. The predicted molar refractivity (Wildman–Crippen MR) is 77.1 cm³/mol. The molecule has 0 radical (unpaired) electrons. The molecule has 98 valence electrons. The van der Waals surface area contributed by atoms with Crippen molar-refractivity contribution in [3.8, 4) is 0 Å². The van der Waals surface area contributed by atoms with Crippen molar-refractivity contribution >= 4 is 16.6 Å². The average molecular weight is 254 g/mol. The van der Waals surface area contributed by atoms with Gasteiger partial charge in [-0.05, 0) is 43.0 Å². The molecule has 19 heavy (non-hydrogen) atoms. The summed E-state index contributed by atoms with van der Waals surface area (Å²) < 4.78 is 2.16. The zero-order chi connectivity index (χ0) is 13.1. The lowest BCUT2D eigenvalue weighted by molar-refractivity contribution is 0.667. The molecule has 0 bridgehead atoms. The number of benzene rings is 1. The van der Waals surface area contributed by atoms with Crippen molar-refractivity contribution in [2.24, 2.45) is 5.73 Å². The Kier molecular flexibility index (Phi) is 3.42. The highest BCUT2D eigenvalue weighted by atomic mass is 15.2. The summed E-state index contributed by atoms with van der Waals surface area (Å²) in [7, 11) is 0. The molecule has 0 atom stereocenters. The highest BCUT2D eigenvalue weighted by molar-refractivity contribution is 5.81. The van der Waals surface area contributed by atoms with Crippen LogP contribution in [-0.2, 0) is 6.42 Å². The first-order chi connectivity index (χ1) is 9.40. The third-order valence-corrected chi connectivity index (χ3v) is 3.45. The normalized spacial score (nSPS) is 11.4.